The fraction of sp³-hybridized carbons (Fsp3) is 0.261. The molecule has 0 fully saturated rings. The third-order valence-corrected chi connectivity index (χ3v) is 4.88. The summed E-state index contributed by atoms with van der Waals surface area (Å²) in [6, 6.07) is 16.3. The van der Waals surface area contributed by atoms with Crippen LogP contribution in [-0.2, 0) is 9.53 Å². The molecule has 6 heteroatoms. The van der Waals surface area contributed by atoms with Crippen LogP contribution >= 0.6 is 11.6 Å². The normalized spacial score (nSPS) is 11.8. The van der Waals surface area contributed by atoms with Crippen molar-refractivity contribution in [1.29, 1.82) is 0 Å². The molecule has 29 heavy (non-hydrogen) atoms. The Bertz CT molecular complexity index is 1040. The monoisotopic (exact) mass is 410 g/mol. The van der Waals surface area contributed by atoms with E-state index in [4.69, 9.17) is 16.3 Å². The molecule has 1 amide bonds. The van der Waals surface area contributed by atoms with E-state index in [1.165, 1.54) is 0 Å². The van der Waals surface area contributed by atoms with Crippen molar-refractivity contribution in [2.24, 2.45) is 0 Å². The summed E-state index contributed by atoms with van der Waals surface area (Å²) >= 11 is 6.31. The molecular weight excluding hydrogens is 388 g/mol. The summed E-state index contributed by atoms with van der Waals surface area (Å²) in [4.78, 5) is 29.5. The molecule has 2 aromatic carbocycles. The fourth-order valence-corrected chi connectivity index (χ4v) is 3.41. The van der Waals surface area contributed by atoms with E-state index >= 15 is 0 Å². The van der Waals surface area contributed by atoms with E-state index in [2.05, 4.69) is 10.3 Å². The van der Waals surface area contributed by atoms with Gasteiger partial charge in [0, 0.05) is 22.0 Å². The Morgan fingerprint density at radius 2 is 1.86 bits per heavy atom. The van der Waals surface area contributed by atoms with Crippen molar-refractivity contribution >= 4 is 34.4 Å². The minimum absolute atomic E-state index is 0.0415. The van der Waals surface area contributed by atoms with Gasteiger partial charge in [0.2, 0.25) is 0 Å². The molecule has 0 spiro atoms. The van der Waals surface area contributed by atoms with Crippen LogP contribution in [0.2, 0.25) is 5.02 Å². The van der Waals surface area contributed by atoms with Gasteiger partial charge in [-0.2, -0.15) is 0 Å². The number of nitrogens with zero attached hydrogens (tertiary/aromatic N) is 1. The van der Waals surface area contributed by atoms with E-state index in [-0.39, 0.29) is 18.6 Å². The predicted molar refractivity (Wildman–Crippen MR) is 115 cm³/mol. The maximum Gasteiger partial charge on any atom is 0.339 e. The number of nitrogens with one attached hydrogen (secondary N) is 1. The van der Waals surface area contributed by atoms with Crippen molar-refractivity contribution in [1.82, 2.24) is 10.3 Å². The van der Waals surface area contributed by atoms with Crippen LogP contribution < -0.4 is 5.32 Å². The van der Waals surface area contributed by atoms with Crippen LogP contribution in [-0.4, -0.2) is 29.5 Å². The van der Waals surface area contributed by atoms with Crippen LogP contribution in [0.3, 0.4) is 0 Å². The molecule has 0 aliphatic heterocycles. The van der Waals surface area contributed by atoms with Gasteiger partial charge in [0.05, 0.1) is 16.8 Å². The van der Waals surface area contributed by atoms with E-state index < -0.39 is 5.97 Å². The molecule has 1 N–H and O–H groups in total. The number of rotatable bonds is 7. The van der Waals surface area contributed by atoms with Gasteiger partial charge in [-0.25, -0.2) is 9.78 Å². The number of carbonyl (C=O) groups is 2. The molecule has 0 bridgehead atoms. The minimum atomic E-state index is -0.574. The summed E-state index contributed by atoms with van der Waals surface area (Å²) in [7, 11) is 0. The Balaban J connectivity index is 1.87. The zero-order valence-corrected chi connectivity index (χ0v) is 17.2. The average molecular weight is 411 g/mol. The third kappa shape index (κ3) is 5.12. The molecule has 0 aliphatic rings. The summed E-state index contributed by atoms with van der Waals surface area (Å²) in [5, 5.41) is 4.02. The predicted octanol–water partition coefficient (Wildman–Crippen LogP) is 5.02. The molecule has 0 saturated heterocycles. The number of esters is 1. The van der Waals surface area contributed by atoms with Crippen molar-refractivity contribution in [3.05, 3.63) is 65.2 Å². The first-order valence-corrected chi connectivity index (χ1v) is 9.98. The molecule has 150 valence electrons. The van der Waals surface area contributed by atoms with Crippen molar-refractivity contribution in [3.8, 4) is 11.3 Å². The van der Waals surface area contributed by atoms with Crippen LogP contribution in [0.25, 0.3) is 22.2 Å². The lowest BCUT2D eigenvalue weighted by Gasteiger charge is -2.13. The number of aromatic nitrogens is 1. The zero-order valence-electron chi connectivity index (χ0n) is 16.4. The van der Waals surface area contributed by atoms with Crippen molar-refractivity contribution < 1.29 is 14.3 Å². The van der Waals surface area contributed by atoms with Gasteiger partial charge in [-0.3, -0.25) is 4.79 Å². The van der Waals surface area contributed by atoms with Crippen LogP contribution in [0.5, 0.6) is 0 Å². The molecule has 0 unspecified atom stereocenters. The number of fused-ring (bicyclic) bond motifs is 1. The largest absolute Gasteiger partial charge is 0.452 e. The van der Waals surface area contributed by atoms with E-state index in [1.807, 2.05) is 50.2 Å². The van der Waals surface area contributed by atoms with Crippen LogP contribution in [0.4, 0.5) is 0 Å². The zero-order chi connectivity index (χ0) is 20.8. The Morgan fingerprint density at radius 1 is 1.14 bits per heavy atom. The van der Waals surface area contributed by atoms with Gasteiger partial charge in [-0.05, 0) is 31.5 Å². The number of halogens is 1. The standard InChI is InChI=1S/C23H23ClN2O3/c1-3-8-15(2)25-22(27)14-29-23(28)18-13-21(17-10-4-6-11-19(17)24)26-20-12-7-5-9-16(18)20/h4-7,9-13,15H,3,8,14H2,1-2H3,(H,25,27)/t15-/m1/s1. The lowest BCUT2D eigenvalue weighted by atomic mass is 10.0. The van der Waals surface area contributed by atoms with Crippen molar-refractivity contribution in [2.45, 2.75) is 32.7 Å². The third-order valence-electron chi connectivity index (χ3n) is 4.55. The Labute approximate surface area is 175 Å². The first-order valence-electron chi connectivity index (χ1n) is 9.60. The SMILES string of the molecule is CCC[C@@H](C)NC(=O)COC(=O)c1cc(-c2ccccc2Cl)nc2ccccc12. The Kier molecular flexibility index (Phi) is 6.83. The average Bonchev–Trinajstić information content (AvgIpc) is 2.71. The number of amides is 1. The van der Waals surface area contributed by atoms with Gasteiger partial charge in [0.15, 0.2) is 6.61 Å². The molecule has 1 heterocycles. The molecule has 3 rings (SSSR count). The minimum Gasteiger partial charge on any atom is -0.452 e. The van der Waals surface area contributed by atoms with Crippen LogP contribution in [0.1, 0.15) is 37.0 Å². The number of pyridine rings is 1. The molecule has 0 radical (unpaired) electrons. The highest BCUT2D eigenvalue weighted by molar-refractivity contribution is 6.33. The lowest BCUT2D eigenvalue weighted by Crippen LogP contribution is -2.35. The quantitative estimate of drug-likeness (QED) is 0.555. The molecular formula is C23H23ClN2O3. The van der Waals surface area contributed by atoms with Crippen molar-refractivity contribution in [2.75, 3.05) is 6.61 Å². The van der Waals surface area contributed by atoms with Gasteiger partial charge < -0.3 is 10.1 Å². The van der Waals surface area contributed by atoms with Crippen LogP contribution in [0.15, 0.2) is 54.6 Å². The topological polar surface area (TPSA) is 68.3 Å². The summed E-state index contributed by atoms with van der Waals surface area (Å²) < 4.78 is 5.29. The van der Waals surface area contributed by atoms with E-state index in [9.17, 15) is 9.59 Å². The second-order valence-electron chi connectivity index (χ2n) is 6.89. The number of benzene rings is 2. The van der Waals surface area contributed by atoms with E-state index in [0.29, 0.717) is 27.2 Å². The lowest BCUT2D eigenvalue weighted by molar-refractivity contribution is -0.124. The highest BCUT2D eigenvalue weighted by Gasteiger charge is 2.17. The second-order valence-corrected chi connectivity index (χ2v) is 7.29. The molecule has 1 atom stereocenters. The summed E-state index contributed by atoms with van der Waals surface area (Å²) in [5.74, 6) is -0.890. The van der Waals surface area contributed by atoms with Gasteiger partial charge in [-0.15, -0.1) is 0 Å². The van der Waals surface area contributed by atoms with Gasteiger partial charge >= 0.3 is 5.97 Å². The number of hydrogen-bond acceptors (Lipinski definition) is 4. The summed E-state index contributed by atoms with van der Waals surface area (Å²) in [6.07, 6.45) is 1.84. The van der Waals surface area contributed by atoms with Gasteiger partial charge in [-0.1, -0.05) is 61.3 Å². The molecule has 5 nitrogen and oxygen atoms in total. The highest BCUT2D eigenvalue weighted by atomic mass is 35.5. The Morgan fingerprint density at radius 3 is 2.62 bits per heavy atom. The summed E-state index contributed by atoms with van der Waals surface area (Å²) in [6.45, 7) is 3.65. The fourth-order valence-electron chi connectivity index (χ4n) is 3.18. The van der Waals surface area contributed by atoms with Crippen molar-refractivity contribution in [3.63, 3.8) is 0 Å². The number of carbonyl (C=O) groups excluding carboxylic acids is 2. The van der Waals surface area contributed by atoms with Gasteiger partial charge in [0.25, 0.3) is 5.91 Å². The van der Waals surface area contributed by atoms with Gasteiger partial charge in [0.1, 0.15) is 0 Å². The second kappa shape index (κ2) is 9.52. The highest BCUT2D eigenvalue weighted by Crippen LogP contribution is 2.30. The van der Waals surface area contributed by atoms with E-state index in [1.54, 1.807) is 18.2 Å². The number of para-hydroxylation sites is 1. The maximum absolute atomic E-state index is 12.8. The molecule has 1 aromatic heterocycles. The maximum atomic E-state index is 12.8. The first-order chi connectivity index (χ1) is 14.0. The number of ether oxygens (including phenoxy) is 1. The molecule has 0 saturated carbocycles. The van der Waals surface area contributed by atoms with E-state index in [0.717, 1.165) is 18.4 Å². The Hall–Kier alpha value is -2.92. The smallest absolute Gasteiger partial charge is 0.339 e. The number of hydrogen-bond donors (Lipinski definition) is 1. The first kappa shape index (κ1) is 20.8. The molecule has 0 aliphatic carbocycles. The van der Waals surface area contributed by atoms with Crippen LogP contribution in [0, 0.1) is 0 Å². The molecule has 3 aromatic rings. The summed E-state index contributed by atoms with van der Waals surface area (Å²) in [5.41, 5.74) is 2.29.